The minimum atomic E-state index is -3.85. The van der Waals surface area contributed by atoms with Crippen LogP contribution >= 0.6 is 7.82 Å². The summed E-state index contributed by atoms with van der Waals surface area (Å²) in [6.07, 6.45) is 34.2. The van der Waals surface area contributed by atoms with Gasteiger partial charge in [0.2, 0.25) is 5.91 Å². The third kappa shape index (κ3) is 36.8. The topological polar surface area (TPSA) is 109 Å². The lowest BCUT2D eigenvalue weighted by Gasteiger charge is -2.23. The van der Waals surface area contributed by atoms with E-state index >= 15 is 0 Å². The summed E-state index contributed by atoms with van der Waals surface area (Å²) in [5, 5.41) is 3.03. The van der Waals surface area contributed by atoms with Gasteiger partial charge in [-0.3, -0.25) is 23.2 Å². The Morgan fingerprint density at radius 1 is 0.564 bits per heavy atom. The number of unbranched alkanes of at least 4 members (excludes halogenated alkanes) is 22. The molecule has 0 bridgehead atoms. The molecule has 0 heterocycles. The molecule has 0 aromatic carbocycles. The van der Waals surface area contributed by atoms with Crippen molar-refractivity contribution in [3.63, 3.8) is 0 Å². The van der Waals surface area contributed by atoms with E-state index in [0.29, 0.717) is 32.3 Å². The Hall–Kier alpha value is -1.25. The Morgan fingerprint density at radius 3 is 1.56 bits per heavy atom. The van der Waals surface area contributed by atoms with Gasteiger partial charge >= 0.3 is 13.8 Å². The van der Waals surface area contributed by atoms with Crippen LogP contribution in [0.1, 0.15) is 220 Å². The number of phosphoric ester groups is 1. The van der Waals surface area contributed by atoms with Gasteiger partial charge in [0.15, 0.2) is 0 Å². The summed E-state index contributed by atoms with van der Waals surface area (Å²) in [5.74, 6) is -0.204. The number of phosphoric acid groups is 1. The van der Waals surface area contributed by atoms with E-state index in [9.17, 15) is 14.2 Å². The first-order chi connectivity index (χ1) is 26.8. The van der Waals surface area contributed by atoms with Gasteiger partial charge in [-0.2, -0.15) is 0 Å². The van der Waals surface area contributed by atoms with Gasteiger partial charge in [0, 0.05) is 19.3 Å². The third-order valence-electron chi connectivity index (χ3n) is 9.93. The smallest absolute Gasteiger partial charge is 0.462 e. The van der Waals surface area contributed by atoms with E-state index in [1.807, 2.05) is 6.92 Å². The van der Waals surface area contributed by atoms with E-state index in [2.05, 4.69) is 32.7 Å². The third-order valence-corrected chi connectivity index (χ3v) is 11.4. The highest BCUT2D eigenvalue weighted by Gasteiger charge is 2.28. The van der Waals surface area contributed by atoms with Crippen LogP contribution in [0.4, 0.5) is 0 Å². The van der Waals surface area contributed by atoms with E-state index in [1.54, 1.807) is 0 Å². The molecular weight excluding hydrogens is 713 g/mol. The first-order valence-electron chi connectivity index (χ1n) is 23.0. The monoisotopic (exact) mass is 802 g/mol. The number of carbonyl (C=O) groups is 2. The fourth-order valence-electron chi connectivity index (χ4n) is 6.52. The van der Waals surface area contributed by atoms with Crippen molar-refractivity contribution in [1.82, 2.24) is 5.32 Å². The minimum Gasteiger partial charge on any atom is -0.462 e. The molecule has 0 aliphatic rings. The molecule has 0 aliphatic carbocycles. The molecular formula is C45H88NO8P. The highest BCUT2D eigenvalue weighted by molar-refractivity contribution is 7.48. The molecule has 0 radical (unpaired) electrons. The van der Waals surface area contributed by atoms with Gasteiger partial charge in [0.05, 0.1) is 39.1 Å². The molecule has 0 saturated carbocycles. The van der Waals surface area contributed by atoms with Gasteiger partial charge in [-0.15, -0.1) is 6.58 Å². The van der Waals surface area contributed by atoms with Crippen molar-refractivity contribution in [3.05, 3.63) is 12.7 Å². The number of nitrogens with one attached hydrogen (secondary N) is 1. The molecule has 3 atom stereocenters. The SMILES string of the molecule is C=CCOP(=O)(OCCC)OC[C@@H](COCC[C@@H](CCCCCCC)OC(=O)CCCCCCCCCCC)NC(=O)CCCCCCCCCCCCC. The van der Waals surface area contributed by atoms with E-state index < -0.39 is 13.9 Å². The average molecular weight is 802 g/mol. The zero-order valence-corrected chi connectivity index (χ0v) is 37.3. The first kappa shape index (κ1) is 53.8. The predicted molar refractivity (Wildman–Crippen MR) is 229 cm³/mol. The second-order valence-corrected chi connectivity index (χ2v) is 17.1. The number of ether oxygens (including phenoxy) is 2. The molecule has 0 rings (SSSR count). The van der Waals surface area contributed by atoms with Gasteiger partial charge in [-0.25, -0.2) is 4.57 Å². The van der Waals surface area contributed by atoms with Crippen molar-refractivity contribution < 1.29 is 37.2 Å². The molecule has 0 aromatic rings. The quantitative estimate of drug-likeness (QED) is 0.0281. The van der Waals surface area contributed by atoms with Gasteiger partial charge in [-0.05, 0) is 32.1 Å². The molecule has 0 fully saturated rings. The molecule has 10 heteroatoms. The summed E-state index contributed by atoms with van der Waals surface area (Å²) in [7, 11) is -3.85. The lowest BCUT2D eigenvalue weighted by molar-refractivity contribution is -0.150. The van der Waals surface area contributed by atoms with E-state index in [-0.39, 0.29) is 44.4 Å². The fraction of sp³-hybridized carbons (Fsp3) is 0.911. The molecule has 1 N–H and O–H groups in total. The van der Waals surface area contributed by atoms with E-state index in [4.69, 9.17) is 23.0 Å². The summed E-state index contributed by atoms with van der Waals surface area (Å²) < 4.78 is 41.9. The van der Waals surface area contributed by atoms with Crippen LogP contribution in [0.2, 0.25) is 0 Å². The van der Waals surface area contributed by atoms with E-state index in [1.165, 1.54) is 122 Å². The van der Waals surface area contributed by atoms with Crippen LogP contribution in [-0.4, -0.2) is 57.1 Å². The van der Waals surface area contributed by atoms with Crippen molar-refractivity contribution in [2.24, 2.45) is 0 Å². The molecule has 0 aliphatic heterocycles. The Morgan fingerprint density at radius 2 is 1.05 bits per heavy atom. The summed E-state index contributed by atoms with van der Waals surface area (Å²) in [6, 6.07) is -0.548. The minimum absolute atomic E-state index is 0.0189. The first-order valence-corrected chi connectivity index (χ1v) is 24.5. The van der Waals surface area contributed by atoms with Gasteiger partial charge in [0.1, 0.15) is 6.10 Å². The largest absolute Gasteiger partial charge is 0.475 e. The van der Waals surface area contributed by atoms with Gasteiger partial charge < -0.3 is 14.8 Å². The molecule has 55 heavy (non-hydrogen) atoms. The highest BCUT2D eigenvalue weighted by Crippen LogP contribution is 2.49. The number of amides is 1. The highest BCUT2D eigenvalue weighted by atomic mass is 31.2. The molecule has 326 valence electrons. The van der Waals surface area contributed by atoms with Crippen LogP contribution in [-0.2, 0) is 37.2 Å². The van der Waals surface area contributed by atoms with Crippen LogP contribution in [0, 0.1) is 0 Å². The standard InChI is InChI=1S/C45H88NO8P/c1-6-11-14-17-19-21-22-24-25-28-31-34-44(47)46-42(41-53-55(49,51-37-9-4)52-38-10-5)40-50-39-36-43(33-30-27-16-13-8-3)54-45(48)35-32-29-26-23-20-18-15-12-7-2/h9,42-43H,4,6-8,10-41H2,1-3,5H3,(H,46,47)/t42-,43-,55?/m1/s1. The second kappa shape index (κ2) is 40.9. The van der Waals surface area contributed by atoms with Crippen LogP contribution in [0.5, 0.6) is 0 Å². The summed E-state index contributed by atoms with van der Waals surface area (Å²) in [5.41, 5.74) is 0. The van der Waals surface area contributed by atoms with Gasteiger partial charge in [-0.1, -0.05) is 175 Å². The van der Waals surface area contributed by atoms with Gasteiger partial charge in [0.25, 0.3) is 0 Å². The predicted octanol–water partition coefficient (Wildman–Crippen LogP) is 13.5. The van der Waals surface area contributed by atoms with Crippen molar-refractivity contribution >= 4 is 19.7 Å². The van der Waals surface area contributed by atoms with Crippen molar-refractivity contribution in [2.75, 3.05) is 33.0 Å². The van der Waals surface area contributed by atoms with E-state index in [0.717, 1.165) is 51.4 Å². The Bertz CT molecular complexity index is 919. The Kier molecular flexibility index (Phi) is 40.0. The zero-order valence-electron chi connectivity index (χ0n) is 36.4. The maximum atomic E-state index is 13.3. The Labute approximate surface area is 339 Å². The second-order valence-electron chi connectivity index (χ2n) is 15.5. The molecule has 1 amide bonds. The summed E-state index contributed by atoms with van der Waals surface area (Å²) in [6.45, 7) is 12.9. The molecule has 0 aromatic heterocycles. The maximum absolute atomic E-state index is 13.3. The molecule has 0 spiro atoms. The fourth-order valence-corrected chi connectivity index (χ4v) is 7.80. The van der Waals surface area contributed by atoms with Crippen LogP contribution < -0.4 is 5.32 Å². The average Bonchev–Trinajstić information content (AvgIpc) is 3.18. The lowest BCUT2D eigenvalue weighted by atomic mass is 10.1. The number of carbonyl (C=O) groups excluding carboxylic acids is 2. The summed E-state index contributed by atoms with van der Waals surface area (Å²) in [4.78, 5) is 25.8. The Balaban J connectivity index is 5.01. The maximum Gasteiger partial charge on any atom is 0.475 e. The number of hydrogen-bond donors (Lipinski definition) is 1. The summed E-state index contributed by atoms with van der Waals surface area (Å²) >= 11 is 0. The van der Waals surface area contributed by atoms with Crippen molar-refractivity contribution in [1.29, 1.82) is 0 Å². The van der Waals surface area contributed by atoms with Crippen molar-refractivity contribution in [3.8, 4) is 0 Å². The van der Waals surface area contributed by atoms with Crippen molar-refractivity contribution in [2.45, 2.75) is 232 Å². The zero-order chi connectivity index (χ0) is 40.5. The molecule has 0 saturated heterocycles. The van der Waals surface area contributed by atoms with Crippen LogP contribution in [0.25, 0.3) is 0 Å². The van der Waals surface area contributed by atoms with Crippen LogP contribution in [0.15, 0.2) is 12.7 Å². The molecule has 9 nitrogen and oxygen atoms in total. The van der Waals surface area contributed by atoms with Crippen LogP contribution in [0.3, 0.4) is 0 Å². The number of esters is 1. The molecule has 1 unspecified atom stereocenters. The lowest BCUT2D eigenvalue weighted by Crippen LogP contribution is -2.41. The number of hydrogen-bond acceptors (Lipinski definition) is 8. The normalized spacial score (nSPS) is 13.7. The number of rotatable bonds is 44.